The molecule has 0 bridgehead atoms. The highest BCUT2D eigenvalue weighted by Gasteiger charge is 2.04. The molecule has 1 aromatic carbocycles. The zero-order valence-corrected chi connectivity index (χ0v) is 22.3. The van der Waals surface area contributed by atoms with E-state index in [0.717, 1.165) is 45.1 Å². The van der Waals surface area contributed by atoms with Crippen LogP contribution in [0.4, 0.5) is 0 Å². The Hall–Kier alpha value is -4.13. The van der Waals surface area contributed by atoms with Gasteiger partial charge in [-0.25, -0.2) is 19.9 Å². The van der Waals surface area contributed by atoms with E-state index >= 15 is 0 Å². The molecule has 5 heterocycles. The van der Waals surface area contributed by atoms with Crippen LogP contribution in [0.25, 0.3) is 33.2 Å². The van der Waals surface area contributed by atoms with Crippen LogP contribution in [0.15, 0.2) is 55.0 Å². The van der Waals surface area contributed by atoms with E-state index in [1.807, 2.05) is 77.1 Å². The molecule has 184 valence electrons. The number of rotatable bonds is 0. The van der Waals surface area contributed by atoms with Crippen molar-refractivity contribution in [3.8, 4) is 0 Å². The first-order valence-corrected chi connectivity index (χ1v) is 12.0. The molecule has 0 fully saturated rings. The zero-order chi connectivity index (χ0) is 26.0. The zero-order valence-electron chi connectivity index (χ0n) is 22.3. The molecule has 36 heavy (non-hydrogen) atoms. The molecule has 0 aliphatic carbocycles. The van der Waals surface area contributed by atoms with Crippen LogP contribution in [0, 0.1) is 41.5 Å². The van der Waals surface area contributed by atoms with Gasteiger partial charge in [0.25, 0.3) is 0 Å². The van der Waals surface area contributed by atoms with Crippen molar-refractivity contribution in [2.45, 2.75) is 41.5 Å². The van der Waals surface area contributed by atoms with Crippen LogP contribution in [0.3, 0.4) is 0 Å². The van der Waals surface area contributed by atoms with Gasteiger partial charge in [0.1, 0.15) is 17.2 Å². The average molecular weight is 480 g/mol. The fraction of sp³-hybridized carbons (Fsp3) is 0.276. The Bertz CT molecular complexity index is 1670. The fourth-order valence-electron chi connectivity index (χ4n) is 3.97. The maximum Gasteiger partial charge on any atom is 0.177 e. The summed E-state index contributed by atoms with van der Waals surface area (Å²) in [6.45, 7) is 12.2. The molecule has 0 spiro atoms. The Morgan fingerprint density at radius 2 is 1.25 bits per heavy atom. The molecule has 0 amide bonds. The van der Waals surface area contributed by atoms with Gasteiger partial charge >= 0.3 is 0 Å². The Balaban J connectivity index is 0.000000127. The Morgan fingerprint density at radius 3 is 2.03 bits per heavy atom. The van der Waals surface area contributed by atoms with Gasteiger partial charge in [-0.3, -0.25) is 4.98 Å². The minimum atomic E-state index is 0.834. The molecule has 0 aliphatic heterocycles. The molecule has 6 aromatic rings. The number of aromatic nitrogens is 7. The molecular formula is C29H33N7. The molecule has 0 saturated carbocycles. The van der Waals surface area contributed by atoms with Gasteiger partial charge in [0.15, 0.2) is 11.3 Å². The maximum absolute atomic E-state index is 4.37. The molecule has 0 N–H and O–H groups in total. The maximum atomic E-state index is 4.37. The fourth-order valence-corrected chi connectivity index (χ4v) is 3.97. The molecule has 6 rings (SSSR count). The summed E-state index contributed by atoms with van der Waals surface area (Å²) in [6.07, 6.45) is 5.61. The number of fused-ring (bicyclic) bond motifs is 3. The first kappa shape index (κ1) is 25.0. The number of pyridine rings is 3. The lowest BCUT2D eigenvalue weighted by Gasteiger charge is -2.00. The van der Waals surface area contributed by atoms with E-state index in [1.165, 1.54) is 22.1 Å². The predicted molar refractivity (Wildman–Crippen MR) is 147 cm³/mol. The second-order valence-corrected chi connectivity index (χ2v) is 9.30. The van der Waals surface area contributed by atoms with Gasteiger partial charge < -0.3 is 9.13 Å². The molecule has 0 saturated heterocycles. The number of imidazole rings is 2. The quantitative estimate of drug-likeness (QED) is 0.266. The SMILES string of the molecule is Cc1cnc2c(c1)nc(C)n2C.Cc1cnc2cccc(C)c2c1.Cc1cnc2nc(C)n(C)c2c1. The Morgan fingerprint density at radius 1 is 0.611 bits per heavy atom. The summed E-state index contributed by atoms with van der Waals surface area (Å²) in [7, 11) is 3.98. The van der Waals surface area contributed by atoms with Crippen LogP contribution in [0.2, 0.25) is 0 Å². The van der Waals surface area contributed by atoms with Crippen molar-refractivity contribution in [1.29, 1.82) is 0 Å². The van der Waals surface area contributed by atoms with Crippen molar-refractivity contribution in [2.75, 3.05) is 0 Å². The van der Waals surface area contributed by atoms with E-state index in [4.69, 9.17) is 0 Å². The van der Waals surface area contributed by atoms with E-state index in [2.05, 4.69) is 67.6 Å². The van der Waals surface area contributed by atoms with Crippen LogP contribution >= 0.6 is 0 Å². The summed E-state index contributed by atoms with van der Waals surface area (Å²) < 4.78 is 4.05. The molecule has 7 heteroatoms. The summed E-state index contributed by atoms with van der Waals surface area (Å²) in [4.78, 5) is 21.6. The highest BCUT2D eigenvalue weighted by Crippen LogP contribution is 2.17. The molecular weight excluding hydrogens is 446 g/mol. The van der Waals surface area contributed by atoms with Gasteiger partial charge in [-0.1, -0.05) is 12.1 Å². The topological polar surface area (TPSA) is 74.3 Å². The lowest BCUT2D eigenvalue weighted by molar-refractivity contribution is 0.874. The van der Waals surface area contributed by atoms with Gasteiger partial charge in [0, 0.05) is 38.1 Å². The molecule has 7 nitrogen and oxygen atoms in total. The summed E-state index contributed by atoms with van der Waals surface area (Å²) in [6, 6.07) is 12.5. The van der Waals surface area contributed by atoms with Crippen LogP contribution in [0.1, 0.15) is 33.9 Å². The van der Waals surface area contributed by atoms with Crippen LogP contribution in [-0.2, 0) is 14.1 Å². The van der Waals surface area contributed by atoms with E-state index in [-0.39, 0.29) is 0 Å². The molecule has 0 atom stereocenters. The van der Waals surface area contributed by atoms with E-state index in [9.17, 15) is 0 Å². The lowest BCUT2D eigenvalue weighted by atomic mass is 10.1. The van der Waals surface area contributed by atoms with Crippen LogP contribution < -0.4 is 0 Å². The van der Waals surface area contributed by atoms with Crippen molar-refractivity contribution in [3.05, 3.63) is 88.9 Å². The minimum Gasteiger partial charge on any atom is -0.330 e. The van der Waals surface area contributed by atoms with Crippen molar-refractivity contribution in [2.24, 2.45) is 14.1 Å². The van der Waals surface area contributed by atoms with Gasteiger partial charge in [-0.15, -0.1) is 0 Å². The first-order chi connectivity index (χ1) is 17.1. The van der Waals surface area contributed by atoms with Gasteiger partial charge in [-0.2, -0.15) is 0 Å². The third-order valence-corrected chi connectivity index (χ3v) is 6.25. The molecule has 0 radical (unpaired) electrons. The second-order valence-electron chi connectivity index (χ2n) is 9.30. The summed E-state index contributed by atoms with van der Waals surface area (Å²) in [5.41, 5.74) is 9.80. The smallest absolute Gasteiger partial charge is 0.177 e. The van der Waals surface area contributed by atoms with Gasteiger partial charge in [-0.05, 0) is 88.1 Å². The van der Waals surface area contributed by atoms with E-state index in [0.29, 0.717) is 0 Å². The summed E-state index contributed by atoms with van der Waals surface area (Å²) in [5.74, 6) is 2.01. The van der Waals surface area contributed by atoms with Crippen molar-refractivity contribution < 1.29 is 0 Å². The highest BCUT2D eigenvalue weighted by molar-refractivity contribution is 5.82. The number of hydrogen-bond acceptors (Lipinski definition) is 5. The second kappa shape index (κ2) is 10.2. The molecule has 0 unspecified atom stereocenters. The average Bonchev–Trinajstić information content (AvgIpc) is 3.29. The Labute approximate surface area is 211 Å². The number of hydrogen-bond donors (Lipinski definition) is 0. The van der Waals surface area contributed by atoms with Crippen molar-refractivity contribution in [1.82, 2.24) is 34.1 Å². The summed E-state index contributed by atoms with van der Waals surface area (Å²) in [5, 5.41) is 1.26. The normalized spacial score (nSPS) is 10.8. The first-order valence-electron chi connectivity index (χ1n) is 12.0. The third-order valence-electron chi connectivity index (χ3n) is 6.25. The largest absolute Gasteiger partial charge is 0.330 e. The van der Waals surface area contributed by atoms with Crippen LogP contribution in [0.5, 0.6) is 0 Å². The lowest BCUT2D eigenvalue weighted by Crippen LogP contribution is -1.91. The Kier molecular flexibility index (Phi) is 7.10. The monoisotopic (exact) mass is 479 g/mol. The highest BCUT2D eigenvalue weighted by atomic mass is 15.1. The van der Waals surface area contributed by atoms with E-state index in [1.54, 1.807) is 0 Å². The summed E-state index contributed by atoms with van der Waals surface area (Å²) >= 11 is 0. The van der Waals surface area contributed by atoms with Gasteiger partial charge in [0.2, 0.25) is 0 Å². The van der Waals surface area contributed by atoms with E-state index < -0.39 is 0 Å². The molecule has 5 aromatic heterocycles. The van der Waals surface area contributed by atoms with Crippen LogP contribution in [-0.4, -0.2) is 34.1 Å². The van der Waals surface area contributed by atoms with Crippen molar-refractivity contribution in [3.63, 3.8) is 0 Å². The molecule has 0 aliphatic rings. The number of aryl methyl sites for hydroxylation is 8. The standard InChI is InChI=1S/C11H11N.2C9H11N3/c1-8-6-10-9(2)4-3-5-11(10)12-7-8;1-6-4-8-9(10-5-6)11-7(2)12(8)3;1-6-4-8-9(10-5-6)12(3)7(2)11-8/h3-7H,1-2H3;2*4-5H,1-3H3. The van der Waals surface area contributed by atoms with Crippen molar-refractivity contribution >= 4 is 33.2 Å². The third kappa shape index (κ3) is 5.25. The predicted octanol–water partition coefficient (Wildman–Crippen LogP) is 6.02. The minimum absolute atomic E-state index is 0.834. The number of benzene rings is 1. The van der Waals surface area contributed by atoms with Gasteiger partial charge in [0.05, 0.1) is 11.0 Å². The number of nitrogens with zero attached hydrogens (tertiary/aromatic N) is 7.